The molecular formula is C16H16F3N3O2. The third-order valence-corrected chi connectivity index (χ3v) is 3.80. The number of hydrogen-bond acceptors (Lipinski definition) is 3. The number of alkyl halides is 3. The number of amides is 1. The highest BCUT2D eigenvalue weighted by atomic mass is 19.4. The average molecular weight is 339 g/mol. The molecule has 5 nitrogen and oxygen atoms in total. The summed E-state index contributed by atoms with van der Waals surface area (Å²) in [7, 11) is 0. The second-order valence-electron chi connectivity index (χ2n) is 5.56. The van der Waals surface area contributed by atoms with Crippen LogP contribution in [0.25, 0.3) is 5.69 Å². The lowest BCUT2D eigenvalue weighted by atomic mass is 10.2. The molecule has 1 amide bonds. The van der Waals surface area contributed by atoms with Gasteiger partial charge in [-0.2, -0.15) is 13.2 Å². The summed E-state index contributed by atoms with van der Waals surface area (Å²) in [4.78, 5) is 16.0. The molecule has 1 fully saturated rings. The quantitative estimate of drug-likeness (QED) is 0.932. The minimum absolute atomic E-state index is 0.0134. The maximum atomic E-state index is 12.8. The number of nitrogens with zero attached hydrogens (tertiary/aromatic N) is 2. The van der Waals surface area contributed by atoms with Crippen LogP contribution in [0.15, 0.2) is 36.8 Å². The normalized spacial score (nSPS) is 17.9. The number of carbonyl (C=O) groups is 1. The topological polar surface area (TPSA) is 56.1 Å². The van der Waals surface area contributed by atoms with Gasteiger partial charge < -0.3 is 14.6 Å². The lowest BCUT2D eigenvalue weighted by Crippen LogP contribution is -2.31. The van der Waals surface area contributed by atoms with Crippen LogP contribution in [0.1, 0.15) is 28.9 Å². The van der Waals surface area contributed by atoms with Crippen molar-refractivity contribution in [3.05, 3.63) is 48.0 Å². The number of aromatic nitrogens is 2. The van der Waals surface area contributed by atoms with E-state index in [-0.39, 0.29) is 23.4 Å². The number of rotatable bonds is 4. The molecule has 0 radical (unpaired) electrons. The van der Waals surface area contributed by atoms with Crippen LogP contribution >= 0.6 is 0 Å². The first-order valence-electron chi connectivity index (χ1n) is 7.55. The number of ether oxygens (including phenoxy) is 1. The Hall–Kier alpha value is -2.35. The zero-order valence-corrected chi connectivity index (χ0v) is 12.7. The van der Waals surface area contributed by atoms with Crippen LogP contribution in [-0.4, -0.2) is 34.7 Å². The first-order valence-corrected chi connectivity index (χ1v) is 7.55. The number of nitrogens with one attached hydrogen (secondary N) is 1. The lowest BCUT2D eigenvalue weighted by Gasteiger charge is -2.09. The zero-order valence-electron chi connectivity index (χ0n) is 12.7. The summed E-state index contributed by atoms with van der Waals surface area (Å²) >= 11 is 0. The van der Waals surface area contributed by atoms with Crippen LogP contribution < -0.4 is 5.32 Å². The molecule has 2 aromatic rings. The molecule has 0 aliphatic carbocycles. The van der Waals surface area contributed by atoms with Gasteiger partial charge in [0.25, 0.3) is 5.91 Å². The van der Waals surface area contributed by atoms with Crippen molar-refractivity contribution in [2.24, 2.45) is 0 Å². The zero-order chi connectivity index (χ0) is 17.2. The Kier molecular flexibility index (Phi) is 4.57. The van der Waals surface area contributed by atoms with Crippen molar-refractivity contribution < 1.29 is 22.7 Å². The van der Waals surface area contributed by atoms with Crippen LogP contribution in [0.5, 0.6) is 0 Å². The highest BCUT2D eigenvalue weighted by Crippen LogP contribution is 2.30. The highest BCUT2D eigenvalue weighted by molar-refractivity contribution is 5.92. The van der Waals surface area contributed by atoms with Gasteiger partial charge in [0.05, 0.1) is 11.7 Å². The number of benzene rings is 1. The number of hydrogen-bond donors (Lipinski definition) is 1. The number of carbonyl (C=O) groups excluding carboxylic acids is 1. The van der Waals surface area contributed by atoms with Crippen LogP contribution in [0.2, 0.25) is 0 Å². The summed E-state index contributed by atoms with van der Waals surface area (Å²) in [5.74, 6) is -0.378. The third kappa shape index (κ3) is 3.76. The fraction of sp³-hybridized carbons (Fsp3) is 0.375. The molecule has 1 saturated heterocycles. The Balaban J connectivity index is 1.69. The molecule has 128 valence electrons. The molecule has 1 aliphatic rings. The minimum atomic E-state index is -4.42. The summed E-state index contributed by atoms with van der Waals surface area (Å²) in [6.07, 6.45) is 0.193. The van der Waals surface area contributed by atoms with E-state index in [0.29, 0.717) is 13.2 Å². The molecular weight excluding hydrogens is 323 g/mol. The lowest BCUT2D eigenvalue weighted by molar-refractivity contribution is -0.137. The van der Waals surface area contributed by atoms with Crippen molar-refractivity contribution >= 4 is 5.91 Å². The van der Waals surface area contributed by atoms with Gasteiger partial charge in [0.1, 0.15) is 12.0 Å². The number of halogens is 3. The Labute approximate surface area is 136 Å². The van der Waals surface area contributed by atoms with Gasteiger partial charge in [0.2, 0.25) is 0 Å². The van der Waals surface area contributed by atoms with E-state index in [1.165, 1.54) is 29.2 Å². The van der Waals surface area contributed by atoms with Gasteiger partial charge in [-0.1, -0.05) is 6.07 Å². The van der Waals surface area contributed by atoms with E-state index in [9.17, 15) is 18.0 Å². The molecule has 2 heterocycles. The fourth-order valence-electron chi connectivity index (χ4n) is 2.53. The van der Waals surface area contributed by atoms with E-state index in [1.54, 1.807) is 0 Å². The van der Waals surface area contributed by atoms with Crippen LogP contribution in [0, 0.1) is 0 Å². The van der Waals surface area contributed by atoms with Crippen LogP contribution in [0.4, 0.5) is 13.2 Å². The molecule has 1 aromatic carbocycles. The SMILES string of the molecule is O=C(NCC1CCCO1)c1cn(-c2cccc(C(F)(F)F)c2)cn1. The van der Waals surface area contributed by atoms with E-state index in [4.69, 9.17) is 4.74 Å². The van der Waals surface area contributed by atoms with Gasteiger partial charge >= 0.3 is 6.18 Å². The Morgan fingerprint density at radius 3 is 2.96 bits per heavy atom. The molecule has 0 saturated carbocycles. The van der Waals surface area contributed by atoms with Crippen molar-refractivity contribution in [2.45, 2.75) is 25.1 Å². The summed E-state index contributed by atoms with van der Waals surface area (Å²) in [5, 5.41) is 2.72. The van der Waals surface area contributed by atoms with Crippen molar-refractivity contribution in [3.8, 4) is 5.69 Å². The number of imidazole rings is 1. The smallest absolute Gasteiger partial charge is 0.376 e. The van der Waals surface area contributed by atoms with Gasteiger partial charge in [0.15, 0.2) is 0 Å². The second-order valence-corrected chi connectivity index (χ2v) is 5.56. The largest absolute Gasteiger partial charge is 0.416 e. The predicted molar refractivity (Wildman–Crippen MR) is 79.9 cm³/mol. The summed E-state index contributed by atoms with van der Waals surface area (Å²) in [5.41, 5.74) is -0.320. The van der Waals surface area contributed by atoms with E-state index in [1.807, 2.05) is 0 Å². The maximum absolute atomic E-state index is 12.8. The van der Waals surface area contributed by atoms with Gasteiger partial charge in [-0.25, -0.2) is 4.98 Å². The second kappa shape index (κ2) is 6.64. The Morgan fingerprint density at radius 2 is 2.25 bits per heavy atom. The highest BCUT2D eigenvalue weighted by Gasteiger charge is 2.30. The summed E-state index contributed by atoms with van der Waals surface area (Å²) in [6, 6.07) is 4.84. The molecule has 1 N–H and O–H groups in total. The third-order valence-electron chi connectivity index (χ3n) is 3.80. The van der Waals surface area contributed by atoms with E-state index in [0.717, 1.165) is 25.0 Å². The molecule has 1 atom stereocenters. The first-order chi connectivity index (χ1) is 11.4. The standard InChI is InChI=1S/C16H16F3N3O2/c17-16(18,19)11-3-1-4-12(7-11)22-9-14(21-10-22)15(23)20-8-13-5-2-6-24-13/h1,3-4,7,9-10,13H,2,5-6,8H2,(H,20,23). The van der Waals surface area contributed by atoms with Crippen molar-refractivity contribution in [3.63, 3.8) is 0 Å². The fourth-order valence-corrected chi connectivity index (χ4v) is 2.53. The van der Waals surface area contributed by atoms with Gasteiger partial charge in [0, 0.05) is 25.0 Å². The Bertz CT molecular complexity index is 721. The van der Waals surface area contributed by atoms with E-state index < -0.39 is 11.7 Å². The molecule has 1 aromatic heterocycles. The van der Waals surface area contributed by atoms with Gasteiger partial charge in [-0.3, -0.25) is 4.79 Å². The predicted octanol–water partition coefficient (Wildman–Crippen LogP) is 2.80. The molecule has 1 unspecified atom stereocenters. The molecule has 1 aliphatic heterocycles. The van der Waals surface area contributed by atoms with Crippen molar-refractivity contribution in [1.29, 1.82) is 0 Å². The minimum Gasteiger partial charge on any atom is -0.376 e. The summed E-state index contributed by atoms with van der Waals surface area (Å²) in [6.45, 7) is 1.10. The van der Waals surface area contributed by atoms with Crippen LogP contribution in [0.3, 0.4) is 0 Å². The molecule has 0 spiro atoms. The van der Waals surface area contributed by atoms with E-state index >= 15 is 0 Å². The molecule has 8 heteroatoms. The van der Waals surface area contributed by atoms with Crippen LogP contribution in [-0.2, 0) is 10.9 Å². The van der Waals surface area contributed by atoms with Gasteiger partial charge in [-0.05, 0) is 31.0 Å². The van der Waals surface area contributed by atoms with Crippen molar-refractivity contribution in [2.75, 3.05) is 13.2 Å². The maximum Gasteiger partial charge on any atom is 0.416 e. The Morgan fingerprint density at radius 1 is 1.42 bits per heavy atom. The average Bonchev–Trinajstić information content (AvgIpc) is 3.23. The molecule has 0 bridgehead atoms. The monoisotopic (exact) mass is 339 g/mol. The van der Waals surface area contributed by atoms with Gasteiger partial charge in [-0.15, -0.1) is 0 Å². The van der Waals surface area contributed by atoms with E-state index in [2.05, 4.69) is 10.3 Å². The molecule has 3 rings (SSSR count). The van der Waals surface area contributed by atoms with Crippen molar-refractivity contribution in [1.82, 2.24) is 14.9 Å². The molecule has 24 heavy (non-hydrogen) atoms. The first kappa shape index (κ1) is 16.5. The summed E-state index contributed by atoms with van der Waals surface area (Å²) < 4.78 is 45.1.